The third kappa shape index (κ3) is 4.18. The van der Waals surface area contributed by atoms with E-state index < -0.39 is 0 Å². The molecule has 128 valence electrons. The molecular formula is C22H30N2. The van der Waals surface area contributed by atoms with E-state index in [2.05, 4.69) is 53.7 Å². The molecule has 2 aliphatic rings. The minimum atomic E-state index is 0.543. The molecule has 1 aromatic carbocycles. The topological polar surface area (TPSA) is 15.3 Å². The maximum absolute atomic E-state index is 4.33. The average Bonchev–Trinajstić information content (AvgIpc) is 3.25. The van der Waals surface area contributed by atoms with Gasteiger partial charge in [0.25, 0.3) is 0 Å². The second-order valence-corrected chi connectivity index (χ2v) is 7.05. The number of benzene rings is 1. The first-order valence-electron chi connectivity index (χ1n) is 9.32. The molecule has 1 aliphatic carbocycles. The van der Waals surface area contributed by atoms with Crippen molar-refractivity contribution in [3.63, 3.8) is 0 Å². The Balaban J connectivity index is 1.62. The molecule has 0 aromatic heterocycles. The maximum Gasteiger partial charge on any atom is 0.0370 e. The van der Waals surface area contributed by atoms with Gasteiger partial charge in [0.05, 0.1) is 0 Å². The van der Waals surface area contributed by atoms with Crippen LogP contribution in [0.2, 0.25) is 0 Å². The molecule has 1 heterocycles. The Labute approximate surface area is 146 Å². The number of nitrogens with zero attached hydrogens (tertiary/aromatic N) is 1. The van der Waals surface area contributed by atoms with Gasteiger partial charge in [-0.1, -0.05) is 49.6 Å². The molecule has 0 bridgehead atoms. The van der Waals surface area contributed by atoms with Gasteiger partial charge in [-0.05, 0) is 62.3 Å². The number of allylic oxidation sites excluding steroid dienone is 3. The first-order chi connectivity index (χ1) is 11.8. The summed E-state index contributed by atoms with van der Waals surface area (Å²) in [6.07, 6.45) is 13.4. The molecule has 1 unspecified atom stereocenters. The quantitative estimate of drug-likeness (QED) is 0.720. The van der Waals surface area contributed by atoms with Gasteiger partial charge in [0.15, 0.2) is 0 Å². The third-order valence-corrected chi connectivity index (χ3v) is 5.38. The molecule has 1 aliphatic heterocycles. The molecule has 0 radical (unpaired) electrons. The first kappa shape index (κ1) is 17.0. The smallest absolute Gasteiger partial charge is 0.0370 e. The summed E-state index contributed by atoms with van der Waals surface area (Å²) in [7, 11) is 0. The fourth-order valence-corrected chi connectivity index (χ4v) is 4.10. The Hall–Kier alpha value is -1.80. The molecule has 0 saturated carbocycles. The zero-order valence-electron chi connectivity index (χ0n) is 14.7. The highest BCUT2D eigenvalue weighted by Gasteiger charge is 2.26. The normalized spacial score (nSPS) is 20.4. The highest BCUT2D eigenvalue weighted by atomic mass is 15.2. The second kappa shape index (κ2) is 8.34. The summed E-state index contributed by atoms with van der Waals surface area (Å²) in [6, 6.07) is 10.1. The Kier molecular flexibility index (Phi) is 5.92. The van der Waals surface area contributed by atoms with Gasteiger partial charge in [-0.3, -0.25) is 0 Å². The van der Waals surface area contributed by atoms with E-state index in [-0.39, 0.29) is 0 Å². The van der Waals surface area contributed by atoms with Crippen molar-refractivity contribution >= 4 is 0 Å². The molecule has 2 heteroatoms. The summed E-state index contributed by atoms with van der Waals surface area (Å²) in [5.74, 6) is 0. The van der Waals surface area contributed by atoms with Crippen molar-refractivity contribution in [1.82, 2.24) is 10.2 Å². The number of hydrogen-bond acceptors (Lipinski definition) is 2. The fraction of sp³-hybridized carbons (Fsp3) is 0.455. The Morgan fingerprint density at radius 2 is 2.00 bits per heavy atom. The van der Waals surface area contributed by atoms with Crippen molar-refractivity contribution < 1.29 is 0 Å². The van der Waals surface area contributed by atoms with Crippen molar-refractivity contribution in [1.29, 1.82) is 0 Å². The summed E-state index contributed by atoms with van der Waals surface area (Å²) in [5, 5.41) is 3.61. The minimum absolute atomic E-state index is 0.543. The standard InChI is InChI=1S/C22H30N2/c1-3-4-9-18(2)24(15-8-13-21-12-7-14-23-21)22-16-19-10-5-6-11-20(19)17-22/h3-6,9-11,21-23H,1-2,7-8,12-17H2/b9-4-. The fourth-order valence-electron chi connectivity index (χ4n) is 4.10. The average molecular weight is 322 g/mol. The molecule has 2 nitrogen and oxygen atoms in total. The van der Waals surface area contributed by atoms with E-state index in [9.17, 15) is 0 Å². The van der Waals surface area contributed by atoms with Crippen molar-refractivity contribution in [3.8, 4) is 0 Å². The lowest BCUT2D eigenvalue weighted by Gasteiger charge is -2.32. The molecule has 1 atom stereocenters. The van der Waals surface area contributed by atoms with Crippen LogP contribution in [0.4, 0.5) is 0 Å². The number of fused-ring (bicyclic) bond motifs is 1. The van der Waals surface area contributed by atoms with Gasteiger partial charge in [0, 0.05) is 24.3 Å². The largest absolute Gasteiger partial charge is 0.368 e. The van der Waals surface area contributed by atoms with E-state index in [0.717, 1.165) is 31.1 Å². The van der Waals surface area contributed by atoms with Gasteiger partial charge in [0.2, 0.25) is 0 Å². The zero-order valence-corrected chi connectivity index (χ0v) is 14.7. The van der Waals surface area contributed by atoms with Crippen LogP contribution < -0.4 is 5.32 Å². The van der Waals surface area contributed by atoms with Gasteiger partial charge in [-0.25, -0.2) is 0 Å². The second-order valence-electron chi connectivity index (χ2n) is 7.05. The minimum Gasteiger partial charge on any atom is -0.368 e. The van der Waals surface area contributed by atoms with Gasteiger partial charge >= 0.3 is 0 Å². The lowest BCUT2D eigenvalue weighted by molar-refractivity contribution is 0.258. The van der Waals surface area contributed by atoms with E-state index in [1.165, 1.54) is 43.4 Å². The zero-order chi connectivity index (χ0) is 16.8. The molecule has 0 amide bonds. The number of hydrogen-bond donors (Lipinski definition) is 1. The molecular weight excluding hydrogens is 292 g/mol. The van der Waals surface area contributed by atoms with Crippen LogP contribution in [-0.4, -0.2) is 30.1 Å². The van der Waals surface area contributed by atoms with E-state index >= 15 is 0 Å². The highest BCUT2D eigenvalue weighted by molar-refractivity contribution is 5.34. The Bertz CT molecular complexity index is 571. The predicted molar refractivity (Wildman–Crippen MR) is 103 cm³/mol. The monoisotopic (exact) mass is 322 g/mol. The van der Waals surface area contributed by atoms with Gasteiger partial charge < -0.3 is 10.2 Å². The van der Waals surface area contributed by atoms with E-state index in [1.54, 1.807) is 0 Å². The Morgan fingerprint density at radius 1 is 1.25 bits per heavy atom. The van der Waals surface area contributed by atoms with Crippen LogP contribution in [0.15, 0.2) is 61.3 Å². The summed E-state index contributed by atoms with van der Waals surface area (Å²) in [4.78, 5) is 2.52. The lowest BCUT2D eigenvalue weighted by atomic mass is 10.1. The molecule has 1 fully saturated rings. The summed E-state index contributed by atoms with van der Waals surface area (Å²) in [5.41, 5.74) is 4.13. The molecule has 1 aromatic rings. The van der Waals surface area contributed by atoms with Crippen LogP contribution in [-0.2, 0) is 12.8 Å². The molecule has 24 heavy (non-hydrogen) atoms. The maximum atomic E-state index is 4.33. The van der Waals surface area contributed by atoms with Gasteiger partial charge in [0.1, 0.15) is 0 Å². The summed E-state index contributed by atoms with van der Waals surface area (Å²) in [6.45, 7) is 10.4. The molecule has 1 N–H and O–H groups in total. The van der Waals surface area contributed by atoms with E-state index in [4.69, 9.17) is 0 Å². The van der Waals surface area contributed by atoms with Crippen LogP contribution >= 0.6 is 0 Å². The van der Waals surface area contributed by atoms with Gasteiger partial charge in [-0.15, -0.1) is 0 Å². The number of nitrogens with one attached hydrogen (secondary N) is 1. The van der Waals surface area contributed by atoms with Crippen molar-refractivity contribution in [2.24, 2.45) is 0 Å². The van der Waals surface area contributed by atoms with Gasteiger partial charge in [-0.2, -0.15) is 0 Å². The third-order valence-electron chi connectivity index (χ3n) is 5.38. The Morgan fingerprint density at radius 3 is 2.62 bits per heavy atom. The molecule has 1 saturated heterocycles. The SMILES string of the molecule is C=C/C=C\C(=C)N(CCCC1CCCN1)C1Cc2ccccc2C1. The van der Waals surface area contributed by atoms with Crippen molar-refractivity contribution in [2.45, 2.75) is 50.6 Å². The first-order valence-corrected chi connectivity index (χ1v) is 9.32. The lowest BCUT2D eigenvalue weighted by Crippen LogP contribution is -2.36. The number of rotatable bonds is 8. The van der Waals surface area contributed by atoms with E-state index in [1.807, 2.05) is 12.2 Å². The van der Waals surface area contributed by atoms with Crippen LogP contribution in [0, 0.1) is 0 Å². The molecule has 3 rings (SSSR count). The van der Waals surface area contributed by atoms with Crippen molar-refractivity contribution in [3.05, 3.63) is 72.5 Å². The summed E-state index contributed by atoms with van der Waals surface area (Å²) >= 11 is 0. The van der Waals surface area contributed by atoms with Crippen LogP contribution in [0.25, 0.3) is 0 Å². The highest BCUT2D eigenvalue weighted by Crippen LogP contribution is 2.28. The predicted octanol–water partition coefficient (Wildman–Crippen LogP) is 4.24. The van der Waals surface area contributed by atoms with Crippen LogP contribution in [0.1, 0.15) is 36.8 Å². The molecule has 0 spiro atoms. The van der Waals surface area contributed by atoms with E-state index in [0.29, 0.717) is 6.04 Å². The van der Waals surface area contributed by atoms with Crippen LogP contribution in [0.3, 0.4) is 0 Å². The van der Waals surface area contributed by atoms with Crippen molar-refractivity contribution in [2.75, 3.05) is 13.1 Å². The van der Waals surface area contributed by atoms with Crippen LogP contribution in [0.5, 0.6) is 0 Å². The summed E-state index contributed by atoms with van der Waals surface area (Å²) < 4.78 is 0.